The zero-order valence-corrected chi connectivity index (χ0v) is 10.6. The number of hydrogen-bond acceptors (Lipinski definition) is 1. The first kappa shape index (κ1) is 12.0. The fraction of sp³-hybridized carbons (Fsp3) is 1.00. The Balaban J connectivity index is 2.68. The van der Waals surface area contributed by atoms with Crippen LogP contribution < -0.4 is 0 Å². The predicted molar refractivity (Wildman–Crippen MR) is 62.2 cm³/mol. The highest BCUT2D eigenvalue weighted by atomic mass is 15.5. The van der Waals surface area contributed by atoms with Crippen LogP contribution in [0.5, 0.6) is 0 Å². The normalized spacial score (nSPS) is 23.8. The molecule has 1 fully saturated rings. The Kier molecular flexibility index (Phi) is 3.59. The highest BCUT2D eigenvalue weighted by Gasteiger charge is 2.35. The second-order valence-electron chi connectivity index (χ2n) is 5.63. The van der Waals surface area contributed by atoms with Crippen LogP contribution in [0.3, 0.4) is 0 Å². The molecule has 84 valence electrons. The van der Waals surface area contributed by atoms with Gasteiger partial charge in [0, 0.05) is 18.5 Å². The van der Waals surface area contributed by atoms with Gasteiger partial charge in [0.1, 0.15) is 6.67 Å². The zero-order chi connectivity index (χ0) is 10.8. The zero-order valence-electron chi connectivity index (χ0n) is 10.6. The van der Waals surface area contributed by atoms with Crippen molar-refractivity contribution in [2.24, 2.45) is 0 Å². The molecule has 0 saturated carbocycles. The van der Waals surface area contributed by atoms with E-state index < -0.39 is 0 Å². The van der Waals surface area contributed by atoms with Gasteiger partial charge in [-0.25, -0.2) is 0 Å². The molecule has 0 bridgehead atoms. The SMILES string of the molecule is CC[N+]1(CC)CCCN(C(C)(C)C)C1. The van der Waals surface area contributed by atoms with E-state index in [0.717, 1.165) is 0 Å². The van der Waals surface area contributed by atoms with Crippen LogP contribution in [-0.4, -0.2) is 47.8 Å². The number of hydrogen-bond donors (Lipinski definition) is 0. The van der Waals surface area contributed by atoms with Crippen molar-refractivity contribution in [3.05, 3.63) is 0 Å². The topological polar surface area (TPSA) is 3.24 Å². The second kappa shape index (κ2) is 4.19. The average Bonchev–Trinajstić information content (AvgIpc) is 2.16. The minimum Gasteiger partial charge on any atom is -0.311 e. The lowest BCUT2D eigenvalue weighted by Crippen LogP contribution is -2.62. The van der Waals surface area contributed by atoms with Gasteiger partial charge in [0.25, 0.3) is 0 Å². The minimum absolute atomic E-state index is 0.342. The number of quaternary nitrogens is 1. The monoisotopic (exact) mass is 199 g/mol. The first-order chi connectivity index (χ1) is 6.43. The molecule has 0 aromatic rings. The fourth-order valence-corrected chi connectivity index (χ4v) is 2.39. The first-order valence-corrected chi connectivity index (χ1v) is 6.04. The van der Waals surface area contributed by atoms with Gasteiger partial charge in [-0.3, -0.25) is 4.90 Å². The van der Waals surface area contributed by atoms with E-state index >= 15 is 0 Å². The van der Waals surface area contributed by atoms with Gasteiger partial charge >= 0.3 is 0 Å². The molecule has 0 N–H and O–H groups in total. The van der Waals surface area contributed by atoms with Crippen molar-refractivity contribution in [1.29, 1.82) is 0 Å². The Bertz CT molecular complexity index is 177. The van der Waals surface area contributed by atoms with Crippen LogP contribution in [0.2, 0.25) is 0 Å². The molecule has 0 aromatic carbocycles. The van der Waals surface area contributed by atoms with Crippen LogP contribution in [-0.2, 0) is 0 Å². The van der Waals surface area contributed by atoms with E-state index in [1.165, 1.54) is 43.8 Å². The summed E-state index contributed by atoms with van der Waals surface area (Å²) in [6.07, 6.45) is 1.36. The lowest BCUT2D eigenvalue weighted by Gasteiger charge is -2.49. The summed E-state index contributed by atoms with van der Waals surface area (Å²) in [7, 11) is 0. The maximum atomic E-state index is 2.64. The summed E-state index contributed by atoms with van der Waals surface area (Å²) in [5.41, 5.74) is 0.342. The van der Waals surface area contributed by atoms with Gasteiger partial charge in [-0.1, -0.05) is 0 Å². The molecule has 1 aliphatic heterocycles. The van der Waals surface area contributed by atoms with E-state index in [0.29, 0.717) is 5.54 Å². The summed E-state index contributed by atoms with van der Waals surface area (Å²) in [6.45, 7) is 18.1. The molecular weight excluding hydrogens is 172 g/mol. The van der Waals surface area contributed by atoms with E-state index in [-0.39, 0.29) is 0 Å². The van der Waals surface area contributed by atoms with Crippen LogP contribution in [0.25, 0.3) is 0 Å². The summed E-state index contributed by atoms with van der Waals surface area (Å²) in [5.74, 6) is 0. The van der Waals surface area contributed by atoms with Gasteiger partial charge in [-0.15, -0.1) is 0 Å². The van der Waals surface area contributed by atoms with Gasteiger partial charge < -0.3 is 4.48 Å². The average molecular weight is 199 g/mol. The van der Waals surface area contributed by atoms with Crippen molar-refractivity contribution < 1.29 is 4.48 Å². The van der Waals surface area contributed by atoms with Gasteiger partial charge in [0.2, 0.25) is 0 Å². The van der Waals surface area contributed by atoms with Crippen molar-refractivity contribution in [3.63, 3.8) is 0 Å². The third-order valence-corrected chi connectivity index (χ3v) is 3.82. The van der Waals surface area contributed by atoms with Gasteiger partial charge in [-0.05, 0) is 34.6 Å². The smallest absolute Gasteiger partial charge is 0.135 e. The van der Waals surface area contributed by atoms with Crippen molar-refractivity contribution in [1.82, 2.24) is 4.90 Å². The molecule has 0 atom stereocenters. The van der Waals surface area contributed by atoms with Crippen LogP contribution in [0, 0.1) is 0 Å². The number of nitrogens with zero attached hydrogens (tertiary/aromatic N) is 2. The molecule has 0 spiro atoms. The Morgan fingerprint density at radius 1 is 1.14 bits per heavy atom. The molecule has 2 heteroatoms. The fourth-order valence-electron chi connectivity index (χ4n) is 2.39. The van der Waals surface area contributed by atoms with Gasteiger partial charge in [0.05, 0.1) is 19.6 Å². The molecule has 0 amide bonds. The van der Waals surface area contributed by atoms with Gasteiger partial charge in [-0.2, -0.15) is 0 Å². The lowest BCUT2D eigenvalue weighted by molar-refractivity contribution is -0.940. The van der Waals surface area contributed by atoms with Crippen molar-refractivity contribution >= 4 is 0 Å². The molecule has 1 saturated heterocycles. The highest BCUT2D eigenvalue weighted by molar-refractivity contribution is 4.76. The third kappa shape index (κ3) is 2.48. The first-order valence-electron chi connectivity index (χ1n) is 6.04. The summed E-state index contributed by atoms with van der Waals surface area (Å²) in [4.78, 5) is 2.64. The van der Waals surface area contributed by atoms with E-state index in [1.54, 1.807) is 0 Å². The highest BCUT2D eigenvalue weighted by Crippen LogP contribution is 2.22. The van der Waals surface area contributed by atoms with Crippen molar-refractivity contribution in [2.75, 3.05) is 32.8 Å². The Labute approximate surface area is 89.5 Å². The maximum absolute atomic E-state index is 2.64. The van der Waals surface area contributed by atoms with Crippen LogP contribution in [0.4, 0.5) is 0 Å². The van der Waals surface area contributed by atoms with E-state index in [2.05, 4.69) is 39.5 Å². The summed E-state index contributed by atoms with van der Waals surface area (Å²) >= 11 is 0. The minimum atomic E-state index is 0.342. The lowest BCUT2D eigenvalue weighted by atomic mass is 10.0. The van der Waals surface area contributed by atoms with E-state index in [9.17, 15) is 0 Å². The molecule has 1 aliphatic rings. The molecular formula is C12H27N2+. The third-order valence-electron chi connectivity index (χ3n) is 3.82. The van der Waals surface area contributed by atoms with Crippen LogP contribution in [0.1, 0.15) is 41.0 Å². The van der Waals surface area contributed by atoms with Crippen LogP contribution >= 0.6 is 0 Å². The van der Waals surface area contributed by atoms with Gasteiger partial charge in [0.15, 0.2) is 0 Å². The predicted octanol–water partition coefficient (Wildman–Crippen LogP) is 2.30. The molecule has 0 radical (unpaired) electrons. The Hall–Kier alpha value is -0.0800. The van der Waals surface area contributed by atoms with Crippen molar-refractivity contribution in [3.8, 4) is 0 Å². The Morgan fingerprint density at radius 3 is 2.14 bits per heavy atom. The van der Waals surface area contributed by atoms with E-state index in [4.69, 9.17) is 0 Å². The Morgan fingerprint density at radius 2 is 1.71 bits per heavy atom. The van der Waals surface area contributed by atoms with Crippen molar-refractivity contribution in [2.45, 2.75) is 46.6 Å². The summed E-state index contributed by atoms with van der Waals surface area (Å²) in [5, 5.41) is 0. The molecule has 2 nitrogen and oxygen atoms in total. The molecule has 0 aromatic heterocycles. The molecule has 0 aliphatic carbocycles. The molecule has 1 rings (SSSR count). The molecule has 14 heavy (non-hydrogen) atoms. The summed E-state index contributed by atoms with van der Waals surface area (Å²) in [6, 6.07) is 0. The quantitative estimate of drug-likeness (QED) is 0.617. The van der Waals surface area contributed by atoms with Crippen LogP contribution in [0.15, 0.2) is 0 Å². The largest absolute Gasteiger partial charge is 0.311 e. The second-order valence-corrected chi connectivity index (χ2v) is 5.63. The van der Waals surface area contributed by atoms with E-state index in [1.807, 2.05) is 0 Å². The number of rotatable bonds is 2. The summed E-state index contributed by atoms with van der Waals surface area (Å²) < 4.78 is 1.29. The maximum Gasteiger partial charge on any atom is 0.135 e. The molecule has 1 heterocycles. The molecule has 0 unspecified atom stereocenters. The standard InChI is InChI=1S/C12H27N2/c1-6-14(7-2)10-8-9-13(11-14)12(3,4)5/h6-11H2,1-5H3/q+1.